The molecule has 0 aliphatic carbocycles. The Morgan fingerprint density at radius 1 is 1.29 bits per heavy atom. The van der Waals surface area contributed by atoms with Crippen LogP contribution in [0.5, 0.6) is 0 Å². The van der Waals surface area contributed by atoms with Crippen LogP contribution in [-0.2, 0) is 4.74 Å². The van der Waals surface area contributed by atoms with Crippen LogP contribution >= 0.6 is 12.4 Å². The minimum absolute atomic E-state index is 0. The van der Waals surface area contributed by atoms with Crippen LogP contribution in [0, 0.1) is 11.8 Å². The van der Waals surface area contributed by atoms with Crippen LogP contribution in [0.3, 0.4) is 0 Å². The molecule has 1 N–H and O–H groups in total. The van der Waals surface area contributed by atoms with Crippen molar-refractivity contribution < 1.29 is 4.74 Å². The summed E-state index contributed by atoms with van der Waals surface area (Å²) in [7, 11) is 0. The molecule has 3 heteroatoms. The number of hydrogen-bond acceptors (Lipinski definition) is 2. The molecule has 1 fully saturated rings. The average Bonchev–Trinajstić information content (AvgIpc) is 2.14. The Kier molecular flexibility index (Phi) is 8.64. The highest BCUT2D eigenvalue weighted by Gasteiger charge is 2.12. The maximum atomic E-state index is 5.66. The van der Waals surface area contributed by atoms with E-state index < -0.39 is 0 Å². The lowest BCUT2D eigenvalue weighted by Gasteiger charge is -2.22. The topological polar surface area (TPSA) is 21.3 Å². The lowest BCUT2D eigenvalue weighted by molar-refractivity contribution is 0.0806. The standard InChI is InChI=1S/C11H23NO.ClH/c1-10(2)5-8-13-9-11-3-6-12-7-4-11;/h10-12H,3-9H2,1-2H3;1H. The van der Waals surface area contributed by atoms with Crippen molar-refractivity contribution in [3.63, 3.8) is 0 Å². The van der Waals surface area contributed by atoms with Crippen molar-refractivity contribution in [1.82, 2.24) is 5.32 Å². The van der Waals surface area contributed by atoms with Gasteiger partial charge in [-0.05, 0) is 44.2 Å². The minimum atomic E-state index is 0. The first-order valence-corrected chi connectivity index (χ1v) is 5.57. The van der Waals surface area contributed by atoms with Crippen LogP contribution < -0.4 is 5.32 Å². The summed E-state index contributed by atoms with van der Waals surface area (Å²) in [5, 5.41) is 3.37. The molecule has 0 aromatic rings. The van der Waals surface area contributed by atoms with Gasteiger partial charge in [0.05, 0.1) is 0 Å². The highest BCUT2D eigenvalue weighted by molar-refractivity contribution is 5.85. The molecule has 0 bridgehead atoms. The molecule has 0 unspecified atom stereocenters. The van der Waals surface area contributed by atoms with Crippen molar-refractivity contribution in [1.29, 1.82) is 0 Å². The molecular formula is C11H24ClNO. The molecule has 0 saturated carbocycles. The molecule has 0 radical (unpaired) electrons. The maximum Gasteiger partial charge on any atom is 0.0495 e. The predicted molar refractivity (Wildman–Crippen MR) is 63.1 cm³/mol. The Morgan fingerprint density at radius 2 is 1.93 bits per heavy atom. The first-order valence-electron chi connectivity index (χ1n) is 5.57. The quantitative estimate of drug-likeness (QED) is 0.721. The third kappa shape index (κ3) is 6.63. The van der Waals surface area contributed by atoms with E-state index in [0.717, 1.165) is 25.0 Å². The van der Waals surface area contributed by atoms with Crippen molar-refractivity contribution in [2.24, 2.45) is 11.8 Å². The summed E-state index contributed by atoms with van der Waals surface area (Å²) in [6, 6.07) is 0. The molecule has 0 spiro atoms. The summed E-state index contributed by atoms with van der Waals surface area (Å²) < 4.78 is 5.66. The van der Waals surface area contributed by atoms with E-state index in [-0.39, 0.29) is 12.4 Å². The summed E-state index contributed by atoms with van der Waals surface area (Å²) in [6.07, 6.45) is 3.79. The second-order valence-electron chi connectivity index (χ2n) is 4.45. The second kappa shape index (κ2) is 8.51. The van der Waals surface area contributed by atoms with Crippen molar-refractivity contribution in [3.8, 4) is 0 Å². The van der Waals surface area contributed by atoms with E-state index in [4.69, 9.17) is 4.74 Å². The number of piperidine rings is 1. The maximum absolute atomic E-state index is 5.66. The van der Waals surface area contributed by atoms with Gasteiger partial charge in [0.1, 0.15) is 0 Å². The van der Waals surface area contributed by atoms with Gasteiger partial charge in [0, 0.05) is 13.2 Å². The van der Waals surface area contributed by atoms with Crippen molar-refractivity contribution in [3.05, 3.63) is 0 Å². The van der Waals surface area contributed by atoms with Gasteiger partial charge in [-0.3, -0.25) is 0 Å². The van der Waals surface area contributed by atoms with Gasteiger partial charge in [0.15, 0.2) is 0 Å². The van der Waals surface area contributed by atoms with E-state index in [1.807, 2.05) is 0 Å². The summed E-state index contributed by atoms with van der Waals surface area (Å²) in [4.78, 5) is 0. The van der Waals surface area contributed by atoms with Crippen LogP contribution in [-0.4, -0.2) is 26.3 Å². The zero-order valence-corrected chi connectivity index (χ0v) is 10.2. The van der Waals surface area contributed by atoms with Gasteiger partial charge >= 0.3 is 0 Å². The van der Waals surface area contributed by atoms with Crippen LogP contribution in [0.1, 0.15) is 33.1 Å². The van der Waals surface area contributed by atoms with Gasteiger partial charge < -0.3 is 10.1 Å². The number of rotatable bonds is 5. The van der Waals surface area contributed by atoms with Crippen molar-refractivity contribution in [2.75, 3.05) is 26.3 Å². The number of ether oxygens (including phenoxy) is 1. The first-order chi connectivity index (χ1) is 6.29. The fourth-order valence-electron chi connectivity index (χ4n) is 1.62. The highest BCUT2D eigenvalue weighted by atomic mass is 35.5. The Bertz CT molecular complexity index is 124. The van der Waals surface area contributed by atoms with Gasteiger partial charge in [-0.25, -0.2) is 0 Å². The van der Waals surface area contributed by atoms with Crippen molar-refractivity contribution >= 4 is 12.4 Å². The van der Waals surface area contributed by atoms with Gasteiger partial charge in [0.2, 0.25) is 0 Å². The Labute approximate surface area is 94.2 Å². The number of halogens is 1. The van der Waals surface area contributed by atoms with Crippen LogP contribution in [0.2, 0.25) is 0 Å². The SMILES string of the molecule is CC(C)CCOCC1CCNCC1.Cl. The summed E-state index contributed by atoms with van der Waals surface area (Å²) in [5.41, 5.74) is 0. The molecule has 0 atom stereocenters. The summed E-state index contributed by atoms with van der Waals surface area (Å²) >= 11 is 0. The number of nitrogens with one attached hydrogen (secondary N) is 1. The molecule has 0 aromatic carbocycles. The zero-order valence-electron chi connectivity index (χ0n) is 9.42. The lowest BCUT2D eigenvalue weighted by atomic mass is 9.99. The monoisotopic (exact) mass is 221 g/mol. The normalized spacial score (nSPS) is 18.2. The van der Waals surface area contributed by atoms with Crippen LogP contribution in [0.15, 0.2) is 0 Å². The predicted octanol–water partition coefficient (Wildman–Crippen LogP) is 2.47. The minimum Gasteiger partial charge on any atom is -0.381 e. The van der Waals surface area contributed by atoms with Gasteiger partial charge in [-0.2, -0.15) is 0 Å². The average molecular weight is 222 g/mol. The van der Waals surface area contributed by atoms with Crippen LogP contribution in [0.25, 0.3) is 0 Å². The molecular weight excluding hydrogens is 198 g/mol. The van der Waals surface area contributed by atoms with E-state index in [2.05, 4.69) is 19.2 Å². The highest BCUT2D eigenvalue weighted by Crippen LogP contribution is 2.12. The fraction of sp³-hybridized carbons (Fsp3) is 1.00. The van der Waals surface area contributed by atoms with E-state index in [9.17, 15) is 0 Å². The molecule has 1 rings (SSSR count). The first kappa shape index (κ1) is 14.2. The molecule has 86 valence electrons. The molecule has 0 amide bonds. The molecule has 14 heavy (non-hydrogen) atoms. The van der Waals surface area contributed by atoms with Gasteiger partial charge in [-0.15, -0.1) is 12.4 Å². The fourth-order valence-corrected chi connectivity index (χ4v) is 1.62. The molecule has 0 aromatic heterocycles. The second-order valence-corrected chi connectivity index (χ2v) is 4.45. The smallest absolute Gasteiger partial charge is 0.0495 e. The third-order valence-electron chi connectivity index (χ3n) is 2.65. The third-order valence-corrected chi connectivity index (χ3v) is 2.65. The summed E-state index contributed by atoms with van der Waals surface area (Å²) in [5.74, 6) is 1.58. The zero-order chi connectivity index (χ0) is 9.52. The molecule has 1 saturated heterocycles. The molecule has 1 heterocycles. The van der Waals surface area contributed by atoms with E-state index >= 15 is 0 Å². The molecule has 1 aliphatic heterocycles. The number of hydrogen-bond donors (Lipinski definition) is 1. The van der Waals surface area contributed by atoms with E-state index in [1.165, 1.54) is 32.4 Å². The van der Waals surface area contributed by atoms with Crippen LogP contribution in [0.4, 0.5) is 0 Å². The Morgan fingerprint density at radius 3 is 2.50 bits per heavy atom. The summed E-state index contributed by atoms with van der Waals surface area (Å²) in [6.45, 7) is 8.77. The lowest BCUT2D eigenvalue weighted by Crippen LogP contribution is -2.30. The Balaban J connectivity index is 0.00000169. The largest absolute Gasteiger partial charge is 0.381 e. The van der Waals surface area contributed by atoms with E-state index in [0.29, 0.717) is 0 Å². The van der Waals surface area contributed by atoms with Gasteiger partial charge in [-0.1, -0.05) is 13.8 Å². The van der Waals surface area contributed by atoms with Crippen molar-refractivity contribution in [2.45, 2.75) is 33.1 Å². The Hall–Kier alpha value is 0.210. The van der Waals surface area contributed by atoms with E-state index in [1.54, 1.807) is 0 Å². The molecule has 1 aliphatic rings. The molecule has 2 nitrogen and oxygen atoms in total. The van der Waals surface area contributed by atoms with Gasteiger partial charge in [0.25, 0.3) is 0 Å².